The van der Waals surface area contributed by atoms with E-state index in [4.69, 9.17) is 0 Å². The van der Waals surface area contributed by atoms with Gasteiger partial charge in [0, 0.05) is 0 Å². The van der Waals surface area contributed by atoms with Crippen molar-refractivity contribution in [3.63, 3.8) is 0 Å². The Balaban J connectivity index is 1.60. The first-order valence-corrected chi connectivity index (χ1v) is 10.6. The van der Waals surface area contributed by atoms with Gasteiger partial charge in [-0.25, -0.2) is 8.78 Å². The molecule has 0 heterocycles. The summed E-state index contributed by atoms with van der Waals surface area (Å²) in [6, 6.07) is 6.96. The quantitative estimate of drug-likeness (QED) is 0.346. The first kappa shape index (κ1) is 21.0. The molecule has 0 aliphatic heterocycles. The summed E-state index contributed by atoms with van der Waals surface area (Å²) < 4.78 is 59.4. The Kier molecular flexibility index (Phi) is 6.16. The summed E-state index contributed by atoms with van der Waals surface area (Å²) in [5.41, 5.74) is 1.68. The van der Waals surface area contributed by atoms with Crippen molar-refractivity contribution in [1.29, 1.82) is 0 Å². The first-order chi connectivity index (χ1) is 14.5. The summed E-state index contributed by atoms with van der Waals surface area (Å²) in [5, 5.41) is 0. The summed E-state index contributed by atoms with van der Waals surface area (Å²) in [4.78, 5) is 0. The van der Waals surface area contributed by atoms with E-state index in [-0.39, 0.29) is 17.2 Å². The Labute approximate surface area is 174 Å². The maximum Gasteiger partial charge on any atom is 0.387 e. The van der Waals surface area contributed by atoms with E-state index in [1.54, 1.807) is 0 Å². The van der Waals surface area contributed by atoms with Gasteiger partial charge < -0.3 is 4.74 Å². The molecule has 0 saturated heterocycles. The first-order valence-electron chi connectivity index (χ1n) is 10.6. The molecule has 4 rings (SSSR count). The van der Waals surface area contributed by atoms with E-state index in [1.807, 2.05) is 6.08 Å². The van der Waals surface area contributed by atoms with Crippen LogP contribution in [0.4, 0.5) is 17.6 Å². The number of hydrogen-bond donors (Lipinski definition) is 0. The number of allylic oxidation sites excluding steroid dienone is 1. The normalized spacial score (nSPS) is 23.0. The van der Waals surface area contributed by atoms with Crippen LogP contribution in [0.15, 0.2) is 43.0 Å². The monoisotopic (exact) mass is 418 g/mol. The van der Waals surface area contributed by atoms with Crippen LogP contribution in [-0.2, 0) is 6.42 Å². The van der Waals surface area contributed by atoms with Gasteiger partial charge in [-0.3, -0.25) is 0 Å². The van der Waals surface area contributed by atoms with Crippen LogP contribution in [0.2, 0.25) is 0 Å². The third-order valence-corrected chi connectivity index (χ3v) is 6.76. The fourth-order valence-electron chi connectivity index (χ4n) is 5.37. The topological polar surface area (TPSA) is 9.23 Å². The molecule has 0 spiro atoms. The number of fused-ring (bicyclic) bond motifs is 3. The van der Waals surface area contributed by atoms with Crippen LogP contribution >= 0.6 is 0 Å². The van der Waals surface area contributed by atoms with Crippen molar-refractivity contribution in [2.75, 3.05) is 0 Å². The molecule has 2 aromatic carbocycles. The molecule has 160 valence electrons. The fourth-order valence-corrected chi connectivity index (χ4v) is 5.37. The zero-order chi connectivity index (χ0) is 21.3. The Morgan fingerprint density at radius 1 is 1.10 bits per heavy atom. The SMILES string of the molecule is C=CCC[C@@H]1CC[C@@H]2c3cc(F)c(-c4ccc(OC(F)F)cc4)c(F)c3CC[C@@H]2C1. The molecular formula is C25H26F4O. The molecule has 3 atom stereocenters. The molecule has 0 bridgehead atoms. The van der Waals surface area contributed by atoms with Crippen LogP contribution in [0.25, 0.3) is 11.1 Å². The van der Waals surface area contributed by atoms with Crippen LogP contribution in [0, 0.1) is 23.5 Å². The Hall–Kier alpha value is -2.30. The van der Waals surface area contributed by atoms with Crippen LogP contribution in [-0.4, -0.2) is 6.61 Å². The van der Waals surface area contributed by atoms with Gasteiger partial charge in [0.05, 0.1) is 5.56 Å². The van der Waals surface area contributed by atoms with Crippen molar-refractivity contribution in [3.05, 3.63) is 65.7 Å². The van der Waals surface area contributed by atoms with Crippen molar-refractivity contribution in [3.8, 4) is 16.9 Å². The van der Waals surface area contributed by atoms with E-state index in [2.05, 4.69) is 11.3 Å². The molecule has 0 unspecified atom stereocenters. The van der Waals surface area contributed by atoms with Gasteiger partial charge in [0.2, 0.25) is 0 Å². The lowest BCUT2D eigenvalue weighted by molar-refractivity contribution is -0.0498. The minimum Gasteiger partial charge on any atom is -0.435 e. The van der Waals surface area contributed by atoms with E-state index in [0.29, 0.717) is 29.4 Å². The van der Waals surface area contributed by atoms with Gasteiger partial charge in [0.25, 0.3) is 0 Å². The highest BCUT2D eigenvalue weighted by atomic mass is 19.3. The lowest BCUT2D eigenvalue weighted by Gasteiger charge is -2.41. The lowest BCUT2D eigenvalue weighted by Crippen LogP contribution is -2.29. The molecule has 5 heteroatoms. The van der Waals surface area contributed by atoms with Crippen molar-refractivity contribution in [1.82, 2.24) is 0 Å². The second-order valence-electron chi connectivity index (χ2n) is 8.47. The van der Waals surface area contributed by atoms with E-state index < -0.39 is 18.2 Å². The summed E-state index contributed by atoms with van der Waals surface area (Å²) in [6.07, 6.45) is 8.83. The molecule has 0 amide bonds. The minimum absolute atomic E-state index is 0.0383. The summed E-state index contributed by atoms with van der Waals surface area (Å²) in [5.74, 6) is 0.227. The smallest absolute Gasteiger partial charge is 0.387 e. The van der Waals surface area contributed by atoms with E-state index >= 15 is 8.78 Å². The van der Waals surface area contributed by atoms with Crippen molar-refractivity contribution in [2.45, 2.75) is 57.5 Å². The zero-order valence-corrected chi connectivity index (χ0v) is 16.9. The predicted octanol–water partition coefficient (Wildman–Crippen LogP) is 7.65. The molecule has 0 radical (unpaired) electrons. The molecule has 0 N–H and O–H groups in total. The van der Waals surface area contributed by atoms with Gasteiger partial charge in [-0.2, -0.15) is 8.78 Å². The second kappa shape index (κ2) is 8.83. The van der Waals surface area contributed by atoms with Crippen molar-refractivity contribution < 1.29 is 22.3 Å². The Bertz CT molecular complexity index is 906. The lowest BCUT2D eigenvalue weighted by atomic mass is 9.64. The zero-order valence-electron chi connectivity index (χ0n) is 16.9. The average molecular weight is 418 g/mol. The van der Waals surface area contributed by atoms with Crippen LogP contribution in [0.5, 0.6) is 5.75 Å². The summed E-state index contributed by atoms with van der Waals surface area (Å²) in [7, 11) is 0. The van der Waals surface area contributed by atoms with Gasteiger partial charge >= 0.3 is 6.61 Å². The molecule has 1 fully saturated rings. The minimum atomic E-state index is -2.94. The third kappa shape index (κ3) is 4.12. The third-order valence-electron chi connectivity index (χ3n) is 6.76. The van der Waals surface area contributed by atoms with Gasteiger partial charge in [-0.1, -0.05) is 18.2 Å². The van der Waals surface area contributed by atoms with E-state index in [1.165, 1.54) is 30.3 Å². The maximum atomic E-state index is 15.4. The summed E-state index contributed by atoms with van der Waals surface area (Å²) >= 11 is 0. The van der Waals surface area contributed by atoms with Gasteiger partial charge in [0.1, 0.15) is 17.4 Å². The number of benzene rings is 2. The number of alkyl halides is 2. The van der Waals surface area contributed by atoms with Gasteiger partial charge in [0.15, 0.2) is 0 Å². The Morgan fingerprint density at radius 2 is 1.87 bits per heavy atom. The van der Waals surface area contributed by atoms with E-state index in [0.717, 1.165) is 44.1 Å². The molecule has 1 saturated carbocycles. The highest BCUT2D eigenvalue weighted by Crippen LogP contribution is 2.49. The van der Waals surface area contributed by atoms with Crippen molar-refractivity contribution in [2.24, 2.45) is 11.8 Å². The number of ether oxygens (including phenoxy) is 1. The molecule has 2 aromatic rings. The largest absolute Gasteiger partial charge is 0.435 e. The second-order valence-corrected chi connectivity index (χ2v) is 8.47. The van der Waals surface area contributed by atoms with Gasteiger partial charge in [-0.05, 0) is 97.6 Å². The van der Waals surface area contributed by atoms with Crippen LogP contribution < -0.4 is 4.74 Å². The fraction of sp³-hybridized carbons (Fsp3) is 0.440. The average Bonchev–Trinajstić information content (AvgIpc) is 2.72. The molecule has 2 aliphatic carbocycles. The van der Waals surface area contributed by atoms with Crippen LogP contribution in [0.1, 0.15) is 55.6 Å². The predicted molar refractivity (Wildman–Crippen MR) is 110 cm³/mol. The van der Waals surface area contributed by atoms with Crippen LogP contribution in [0.3, 0.4) is 0 Å². The highest BCUT2D eigenvalue weighted by Gasteiger charge is 2.37. The van der Waals surface area contributed by atoms with E-state index in [9.17, 15) is 8.78 Å². The van der Waals surface area contributed by atoms with Crippen molar-refractivity contribution >= 4 is 0 Å². The Morgan fingerprint density at radius 3 is 2.57 bits per heavy atom. The number of halogens is 4. The highest BCUT2D eigenvalue weighted by molar-refractivity contribution is 5.68. The number of hydrogen-bond acceptors (Lipinski definition) is 1. The molecular weight excluding hydrogens is 392 g/mol. The number of rotatable bonds is 6. The molecule has 30 heavy (non-hydrogen) atoms. The standard InChI is InChI=1S/C25H26F4O/c1-2-3-4-15-5-11-19-17(13-15)8-12-20-21(19)14-22(26)23(24(20)27)16-6-9-18(10-7-16)30-25(28)29/h2,6-7,9-10,14-15,17,19,25H,1,3-5,8,11-13H2/t15-,17-,19+/m1/s1. The summed E-state index contributed by atoms with van der Waals surface area (Å²) in [6.45, 7) is 0.865. The molecule has 2 aliphatic rings. The molecule has 0 aromatic heterocycles. The molecule has 1 nitrogen and oxygen atoms in total. The maximum absolute atomic E-state index is 15.4. The van der Waals surface area contributed by atoms with Gasteiger partial charge in [-0.15, -0.1) is 6.58 Å².